The van der Waals surface area contributed by atoms with Gasteiger partial charge in [-0.2, -0.15) is 0 Å². The lowest BCUT2D eigenvalue weighted by atomic mass is 9.91. The number of hydrogen-bond donors (Lipinski definition) is 0. The molecule has 0 radical (unpaired) electrons. The molecule has 3 atom stereocenters. The molecule has 3 heteroatoms. The highest BCUT2D eigenvalue weighted by atomic mass is 16.2. The first-order valence-corrected chi connectivity index (χ1v) is 10.1. The van der Waals surface area contributed by atoms with Crippen molar-refractivity contribution >= 4 is 17.2 Å². The largest absolute Gasteiger partial charge is 0.305 e. The van der Waals surface area contributed by atoms with Gasteiger partial charge in [0.25, 0.3) is 5.91 Å². The van der Waals surface area contributed by atoms with Crippen LogP contribution in [0.4, 0.5) is 5.69 Å². The van der Waals surface area contributed by atoms with Gasteiger partial charge in [0.1, 0.15) is 0 Å². The first-order chi connectivity index (χ1) is 12.3. The fraction of sp³-hybridized carbons (Fsp3) is 0.591. The Hall–Kier alpha value is -1.61. The van der Waals surface area contributed by atoms with Gasteiger partial charge in [-0.1, -0.05) is 30.7 Å². The molecule has 2 saturated carbocycles. The average molecular weight is 336 g/mol. The zero-order valence-electron chi connectivity index (χ0n) is 15.2. The lowest BCUT2D eigenvalue weighted by molar-refractivity contribution is -0.113. The number of hydrogen-bond acceptors (Lipinski definition) is 2. The highest BCUT2D eigenvalue weighted by molar-refractivity contribution is 6.32. The van der Waals surface area contributed by atoms with Crippen LogP contribution >= 0.6 is 0 Å². The molecule has 2 heterocycles. The highest BCUT2D eigenvalue weighted by Gasteiger charge is 2.44. The van der Waals surface area contributed by atoms with Crippen LogP contribution in [0.2, 0.25) is 0 Å². The molecule has 1 aromatic rings. The molecule has 0 spiro atoms. The van der Waals surface area contributed by atoms with E-state index in [-0.39, 0.29) is 5.91 Å². The van der Waals surface area contributed by atoms with Gasteiger partial charge >= 0.3 is 0 Å². The maximum atomic E-state index is 13.0. The number of piperidine rings is 1. The van der Waals surface area contributed by atoms with Crippen molar-refractivity contribution in [1.29, 1.82) is 0 Å². The first kappa shape index (κ1) is 15.6. The van der Waals surface area contributed by atoms with Crippen molar-refractivity contribution in [2.75, 3.05) is 18.0 Å². The third-order valence-corrected chi connectivity index (χ3v) is 7.23. The van der Waals surface area contributed by atoms with Crippen LogP contribution in [0.15, 0.2) is 30.3 Å². The number of fused-ring (bicyclic) bond motifs is 3. The van der Waals surface area contributed by atoms with Gasteiger partial charge < -0.3 is 4.90 Å². The van der Waals surface area contributed by atoms with Gasteiger partial charge in [0, 0.05) is 36.3 Å². The normalized spacial score (nSPS) is 34.3. The van der Waals surface area contributed by atoms with Gasteiger partial charge in [0.2, 0.25) is 0 Å². The van der Waals surface area contributed by atoms with E-state index in [0.29, 0.717) is 6.04 Å². The number of likely N-dealkylation sites (tertiary alicyclic amines) is 1. The Labute approximate surface area is 150 Å². The van der Waals surface area contributed by atoms with Crippen LogP contribution in [0.1, 0.15) is 51.0 Å². The lowest BCUT2D eigenvalue weighted by Gasteiger charge is -2.42. The van der Waals surface area contributed by atoms with Crippen molar-refractivity contribution in [1.82, 2.24) is 4.90 Å². The second-order valence-corrected chi connectivity index (χ2v) is 8.40. The third-order valence-electron chi connectivity index (χ3n) is 7.23. The van der Waals surface area contributed by atoms with E-state index in [4.69, 9.17) is 0 Å². The minimum absolute atomic E-state index is 0.210. The Morgan fingerprint density at radius 3 is 2.52 bits per heavy atom. The van der Waals surface area contributed by atoms with Crippen LogP contribution < -0.4 is 4.90 Å². The molecule has 1 aromatic carbocycles. The molecule has 3 nitrogen and oxygen atoms in total. The van der Waals surface area contributed by atoms with Gasteiger partial charge in [0.05, 0.1) is 5.69 Å². The van der Waals surface area contributed by atoms with Crippen molar-refractivity contribution in [2.45, 2.75) is 57.5 Å². The Morgan fingerprint density at radius 1 is 1.04 bits per heavy atom. The molecule has 4 aliphatic rings. The lowest BCUT2D eigenvalue weighted by Crippen LogP contribution is -2.50. The topological polar surface area (TPSA) is 23.6 Å². The van der Waals surface area contributed by atoms with E-state index in [1.165, 1.54) is 25.7 Å². The SMILES string of the molecule is C/C=C1\C(=O)N(C2CCN(C3CC4CCC3C4)CC2)c2ccccc21. The summed E-state index contributed by atoms with van der Waals surface area (Å²) < 4.78 is 0. The van der Waals surface area contributed by atoms with Gasteiger partial charge in [-0.15, -0.1) is 0 Å². The molecule has 132 valence electrons. The summed E-state index contributed by atoms with van der Waals surface area (Å²) in [4.78, 5) is 17.8. The molecule has 3 fully saturated rings. The Morgan fingerprint density at radius 2 is 1.84 bits per heavy atom. The third kappa shape index (κ3) is 2.39. The summed E-state index contributed by atoms with van der Waals surface area (Å²) in [5, 5.41) is 0. The summed E-state index contributed by atoms with van der Waals surface area (Å²) in [6.07, 6.45) is 10.1. The summed E-state index contributed by atoms with van der Waals surface area (Å²) in [6.45, 7) is 4.30. The molecule has 2 aliphatic carbocycles. The maximum Gasteiger partial charge on any atom is 0.258 e. The summed E-state index contributed by atoms with van der Waals surface area (Å²) in [6, 6.07) is 9.51. The molecule has 0 N–H and O–H groups in total. The molecule has 25 heavy (non-hydrogen) atoms. The number of carbonyl (C=O) groups excluding carboxylic acids is 1. The summed E-state index contributed by atoms with van der Waals surface area (Å²) >= 11 is 0. The monoisotopic (exact) mass is 336 g/mol. The fourth-order valence-electron chi connectivity index (χ4n) is 6.04. The summed E-state index contributed by atoms with van der Waals surface area (Å²) in [5.74, 6) is 2.18. The minimum atomic E-state index is 0.210. The van der Waals surface area contributed by atoms with E-state index < -0.39 is 0 Å². The number of carbonyl (C=O) groups is 1. The highest BCUT2D eigenvalue weighted by Crippen LogP contribution is 2.47. The molecule has 1 amide bonds. The first-order valence-electron chi connectivity index (χ1n) is 10.1. The van der Waals surface area contributed by atoms with Gasteiger partial charge in [-0.05, 0) is 56.9 Å². The van der Waals surface area contributed by atoms with Crippen LogP contribution in [-0.2, 0) is 4.79 Å². The Kier molecular flexibility index (Phi) is 3.74. The maximum absolute atomic E-state index is 13.0. The van der Waals surface area contributed by atoms with E-state index in [1.54, 1.807) is 0 Å². The molecule has 5 rings (SSSR count). The number of rotatable bonds is 2. The van der Waals surface area contributed by atoms with Crippen LogP contribution in [0, 0.1) is 11.8 Å². The predicted octanol–water partition coefficient (Wildman–Crippen LogP) is 4.09. The number of amides is 1. The van der Waals surface area contributed by atoms with E-state index in [2.05, 4.69) is 28.0 Å². The Balaban J connectivity index is 1.32. The number of para-hydroxylation sites is 1. The standard InChI is InChI=1S/C22H28N2O/c1-2-18-19-5-3-4-6-20(19)24(22(18)25)17-9-11-23(12-10-17)21-14-15-7-8-16(21)13-15/h2-6,15-17,21H,7-14H2,1H3/b18-2-. The van der Waals surface area contributed by atoms with Crippen LogP contribution in [0.3, 0.4) is 0 Å². The number of benzene rings is 1. The van der Waals surface area contributed by atoms with E-state index in [9.17, 15) is 4.79 Å². The van der Waals surface area contributed by atoms with Gasteiger partial charge in [-0.3, -0.25) is 9.69 Å². The molecular formula is C22H28N2O. The molecule has 1 saturated heterocycles. The fourth-order valence-corrected chi connectivity index (χ4v) is 6.04. The Bertz CT molecular complexity index is 716. The van der Waals surface area contributed by atoms with E-state index >= 15 is 0 Å². The van der Waals surface area contributed by atoms with Crippen LogP contribution in [-0.4, -0.2) is 36.0 Å². The molecular weight excluding hydrogens is 308 g/mol. The zero-order valence-corrected chi connectivity index (χ0v) is 15.2. The second-order valence-electron chi connectivity index (χ2n) is 8.40. The molecule has 3 unspecified atom stereocenters. The van der Waals surface area contributed by atoms with Gasteiger partial charge in [0.15, 0.2) is 0 Å². The van der Waals surface area contributed by atoms with Crippen LogP contribution in [0.25, 0.3) is 5.57 Å². The minimum Gasteiger partial charge on any atom is -0.305 e. The smallest absolute Gasteiger partial charge is 0.258 e. The molecule has 2 aliphatic heterocycles. The number of allylic oxidation sites excluding steroid dienone is 1. The van der Waals surface area contributed by atoms with Crippen molar-refractivity contribution in [2.24, 2.45) is 11.8 Å². The molecule has 0 aromatic heterocycles. The number of nitrogens with zero attached hydrogens (tertiary/aromatic N) is 2. The molecule has 2 bridgehead atoms. The zero-order chi connectivity index (χ0) is 17.0. The van der Waals surface area contributed by atoms with E-state index in [1.807, 2.05) is 19.1 Å². The summed E-state index contributed by atoms with van der Waals surface area (Å²) in [5.41, 5.74) is 3.12. The van der Waals surface area contributed by atoms with Gasteiger partial charge in [-0.25, -0.2) is 0 Å². The van der Waals surface area contributed by atoms with Crippen molar-refractivity contribution in [3.63, 3.8) is 0 Å². The van der Waals surface area contributed by atoms with E-state index in [0.717, 1.165) is 60.6 Å². The number of anilines is 1. The average Bonchev–Trinajstić information content (AvgIpc) is 3.34. The van der Waals surface area contributed by atoms with Crippen molar-refractivity contribution in [3.8, 4) is 0 Å². The predicted molar refractivity (Wildman–Crippen MR) is 101 cm³/mol. The van der Waals surface area contributed by atoms with Crippen LogP contribution in [0.5, 0.6) is 0 Å². The quantitative estimate of drug-likeness (QED) is 0.760. The second kappa shape index (κ2) is 5.98. The summed E-state index contributed by atoms with van der Waals surface area (Å²) in [7, 11) is 0. The van der Waals surface area contributed by atoms with Crippen molar-refractivity contribution < 1.29 is 4.79 Å². The van der Waals surface area contributed by atoms with Crippen molar-refractivity contribution in [3.05, 3.63) is 35.9 Å².